The lowest BCUT2D eigenvalue weighted by molar-refractivity contribution is 0.0719. The topological polar surface area (TPSA) is 83.9 Å². The number of carbonyl (C=O) groups excluding carboxylic acids is 1. The van der Waals surface area contributed by atoms with Crippen molar-refractivity contribution in [2.45, 2.75) is 44.2 Å². The molecule has 7 nitrogen and oxygen atoms in total. The highest BCUT2D eigenvalue weighted by atomic mass is 16.2. The van der Waals surface area contributed by atoms with Crippen molar-refractivity contribution in [2.75, 3.05) is 6.54 Å². The zero-order valence-electron chi connectivity index (χ0n) is 15.0. The second-order valence-electron chi connectivity index (χ2n) is 7.53. The minimum atomic E-state index is -0.332. The van der Waals surface area contributed by atoms with Crippen LogP contribution in [-0.2, 0) is 6.54 Å². The maximum atomic E-state index is 13.1. The normalized spacial score (nSPS) is 19.7. The van der Waals surface area contributed by atoms with Crippen LogP contribution in [-0.4, -0.2) is 43.4 Å². The molecule has 1 N–H and O–H groups in total. The van der Waals surface area contributed by atoms with E-state index in [4.69, 9.17) is 0 Å². The van der Waals surface area contributed by atoms with E-state index in [1.165, 1.54) is 12.8 Å². The molecule has 0 bridgehead atoms. The van der Waals surface area contributed by atoms with Crippen molar-refractivity contribution in [3.63, 3.8) is 0 Å². The molecular weight excluding hydrogens is 342 g/mol. The molecule has 0 radical (unpaired) electrons. The van der Waals surface area contributed by atoms with Gasteiger partial charge in [0.15, 0.2) is 0 Å². The minimum Gasteiger partial charge on any atom is -0.334 e. The molecule has 1 aliphatic heterocycles. The first-order valence-electron chi connectivity index (χ1n) is 9.52. The van der Waals surface area contributed by atoms with E-state index in [1.807, 2.05) is 40.0 Å². The smallest absolute Gasteiger partial charge is 0.261 e. The van der Waals surface area contributed by atoms with Gasteiger partial charge in [-0.25, -0.2) is 0 Å². The molecule has 3 heterocycles. The first kappa shape index (κ1) is 16.2. The second kappa shape index (κ2) is 6.33. The molecule has 5 rings (SSSR count). The third-order valence-electron chi connectivity index (χ3n) is 5.57. The Morgan fingerprint density at radius 3 is 2.93 bits per heavy atom. The number of carbonyl (C=O) groups is 1. The number of para-hydroxylation sites is 1. The van der Waals surface area contributed by atoms with Crippen LogP contribution in [0.2, 0.25) is 0 Å². The molecule has 1 aliphatic carbocycles. The van der Waals surface area contributed by atoms with Crippen LogP contribution in [0.3, 0.4) is 0 Å². The van der Waals surface area contributed by atoms with E-state index in [0.29, 0.717) is 19.0 Å². The van der Waals surface area contributed by atoms with E-state index in [-0.39, 0.29) is 23.1 Å². The number of pyridine rings is 1. The molecule has 0 unspecified atom stereocenters. The van der Waals surface area contributed by atoms with Gasteiger partial charge in [-0.2, -0.15) is 0 Å². The number of aromatic nitrogens is 4. The van der Waals surface area contributed by atoms with Crippen LogP contribution in [0.1, 0.15) is 47.7 Å². The van der Waals surface area contributed by atoms with E-state index in [9.17, 15) is 9.59 Å². The Balaban J connectivity index is 1.39. The molecule has 27 heavy (non-hydrogen) atoms. The maximum Gasteiger partial charge on any atom is 0.261 e. The van der Waals surface area contributed by atoms with Gasteiger partial charge in [0.2, 0.25) is 0 Å². The molecule has 0 spiro atoms. The van der Waals surface area contributed by atoms with Gasteiger partial charge in [0.05, 0.1) is 18.3 Å². The van der Waals surface area contributed by atoms with Crippen molar-refractivity contribution in [2.24, 2.45) is 0 Å². The van der Waals surface area contributed by atoms with Crippen LogP contribution < -0.4 is 5.56 Å². The average molecular weight is 363 g/mol. The lowest BCUT2D eigenvalue weighted by atomic mass is 10.1. The van der Waals surface area contributed by atoms with Crippen LogP contribution >= 0.6 is 0 Å². The number of hydrogen-bond donors (Lipinski definition) is 1. The largest absolute Gasteiger partial charge is 0.334 e. The molecule has 1 aromatic carbocycles. The van der Waals surface area contributed by atoms with E-state index in [2.05, 4.69) is 15.3 Å². The first-order valence-corrected chi connectivity index (χ1v) is 9.52. The van der Waals surface area contributed by atoms with Crippen LogP contribution in [0.25, 0.3) is 10.9 Å². The molecule has 2 aliphatic rings. The summed E-state index contributed by atoms with van der Waals surface area (Å²) in [5.74, 6) is 0.364. The fourth-order valence-electron chi connectivity index (χ4n) is 3.94. The number of amides is 1. The van der Waals surface area contributed by atoms with E-state index in [1.54, 1.807) is 6.07 Å². The van der Waals surface area contributed by atoms with Gasteiger partial charge >= 0.3 is 0 Å². The summed E-state index contributed by atoms with van der Waals surface area (Å²) in [5.41, 5.74) is 1.67. The number of likely N-dealkylation sites (tertiary alicyclic amines) is 1. The Morgan fingerprint density at radius 1 is 1.22 bits per heavy atom. The van der Waals surface area contributed by atoms with Gasteiger partial charge < -0.3 is 9.88 Å². The van der Waals surface area contributed by atoms with Crippen molar-refractivity contribution >= 4 is 16.8 Å². The number of fused-ring (bicyclic) bond motifs is 1. The van der Waals surface area contributed by atoms with Crippen molar-refractivity contribution in [1.29, 1.82) is 0 Å². The molecule has 1 atom stereocenters. The van der Waals surface area contributed by atoms with Crippen LogP contribution in [0, 0.1) is 0 Å². The Morgan fingerprint density at radius 2 is 2.07 bits per heavy atom. The summed E-state index contributed by atoms with van der Waals surface area (Å²) >= 11 is 0. The number of nitrogens with zero attached hydrogens (tertiary/aromatic N) is 4. The summed E-state index contributed by atoms with van der Waals surface area (Å²) in [7, 11) is 0. The number of benzene rings is 1. The third-order valence-corrected chi connectivity index (χ3v) is 5.57. The molecule has 1 amide bonds. The number of nitrogens with one attached hydrogen (secondary N) is 1. The highest BCUT2D eigenvalue weighted by molar-refractivity contribution is 5.97. The monoisotopic (exact) mass is 363 g/mol. The summed E-state index contributed by atoms with van der Waals surface area (Å²) in [5, 5.41) is 9.34. The SMILES string of the molecule is O=C(c1cc2ccccc2[nH]c1=O)N1CCC[C@H]1Cn1cc(C2CC2)nn1. The molecule has 7 heteroatoms. The van der Waals surface area contributed by atoms with Gasteiger partial charge in [-0.05, 0) is 43.2 Å². The molecule has 2 aromatic heterocycles. The van der Waals surface area contributed by atoms with Gasteiger partial charge in [0, 0.05) is 24.2 Å². The zero-order chi connectivity index (χ0) is 18.4. The third kappa shape index (κ3) is 3.03. The molecule has 1 saturated carbocycles. The van der Waals surface area contributed by atoms with Crippen molar-refractivity contribution in [1.82, 2.24) is 24.9 Å². The maximum absolute atomic E-state index is 13.1. The van der Waals surface area contributed by atoms with E-state index >= 15 is 0 Å². The summed E-state index contributed by atoms with van der Waals surface area (Å²) in [6.45, 7) is 1.29. The lowest BCUT2D eigenvalue weighted by Gasteiger charge is -2.24. The standard InChI is InChI=1S/C20H21N5O2/c26-19-16(10-14-4-1-2-6-17(14)21-19)20(27)25-9-3-5-15(25)11-24-12-18(22-23-24)13-7-8-13/h1-2,4,6,10,12-13,15H,3,5,7-9,11H2,(H,21,26)/t15-/m0/s1. The van der Waals surface area contributed by atoms with Crippen molar-refractivity contribution in [3.8, 4) is 0 Å². The second-order valence-corrected chi connectivity index (χ2v) is 7.53. The number of hydrogen-bond acceptors (Lipinski definition) is 4. The molecular formula is C20H21N5O2. The Labute approximate surface area is 156 Å². The number of aromatic amines is 1. The predicted molar refractivity (Wildman–Crippen MR) is 101 cm³/mol. The van der Waals surface area contributed by atoms with Gasteiger partial charge in [0.1, 0.15) is 5.56 Å². The Bertz CT molecular complexity index is 1070. The van der Waals surface area contributed by atoms with E-state index in [0.717, 1.165) is 29.4 Å². The Kier molecular flexibility index (Phi) is 3.81. The van der Waals surface area contributed by atoms with Gasteiger partial charge in [-0.15, -0.1) is 5.10 Å². The predicted octanol–water partition coefficient (Wildman–Crippen LogP) is 2.30. The van der Waals surface area contributed by atoms with Gasteiger partial charge in [0.25, 0.3) is 11.5 Å². The minimum absolute atomic E-state index is 0.0390. The first-order chi connectivity index (χ1) is 13.2. The molecule has 3 aromatic rings. The van der Waals surface area contributed by atoms with Gasteiger partial charge in [-0.3, -0.25) is 14.3 Å². The van der Waals surface area contributed by atoms with Crippen LogP contribution in [0.4, 0.5) is 0 Å². The van der Waals surface area contributed by atoms with Crippen molar-refractivity contribution in [3.05, 3.63) is 58.1 Å². The lowest BCUT2D eigenvalue weighted by Crippen LogP contribution is -2.40. The summed E-state index contributed by atoms with van der Waals surface area (Å²) in [6.07, 6.45) is 6.23. The quantitative estimate of drug-likeness (QED) is 0.771. The molecule has 2 fully saturated rings. The number of rotatable bonds is 4. The zero-order valence-corrected chi connectivity index (χ0v) is 15.0. The average Bonchev–Trinajstić information content (AvgIpc) is 3.25. The molecule has 138 valence electrons. The summed E-state index contributed by atoms with van der Waals surface area (Å²) in [4.78, 5) is 30.2. The summed E-state index contributed by atoms with van der Waals surface area (Å²) in [6, 6.07) is 9.24. The number of H-pyrrole nitrogens is 1. The fraction of sp³-hybridized carbons (Fsp3) is 0.400. The van der Waals surface area contributed by atoms with Crippen molar-refractivity contribution < 1.29 is 4.79 Å². The van der Waals surface area contributed by atoms with Gasteiger partial charge in [-0.1, -0.05) is 23.4 Å². The summed E-state index contributed by atoms with van der Waals surface area (Å²) < 4.78 is 1.84. The van der Waals surface area contributed by atoms with E-state index < -0.39 is 0 Å². The van der Waals surface area contributed by atoms with Crippen LogP contribution in [0.15, 0.2) is 41.3 Å². The van der Waals surface area contributed by atoms with Crippen LogP contribution in [0.5, 0.6) is 0 Å². The fourth-order valence-corrected chi connectivity index (χ4v) is 3.94. The highest BCUT2D eigenvalue weighted by Gasteiger charge is 2.32. The highest BCUT2D eigenvalue weighted by Crippen LogP contribution is 2.38. The molecule has 1 saturated heterocycles. The Hall–Kier alpha value is -2.96.